The fourth-order valence-electron chi connectivity index (χ4n) is 9.97. The summed E-state index contributed by atoms with van der Waals surface area (Å²) in [6, 6.07) is 0. The first kappa shape index (κ1) is 17.9. The summed E-state index contributed by atoms with van der Waals surface area (Å²) >= 11 is 0. The zero-order chi connectivity index (χ0) is 19.5. The van der Waals surface area contributed by atoms with E-state index in [4.69, 9.17) is 5.41 Å². The van der Waals surface area contributed by atoms with Crippen molar-refractivity contribution in [2.75, 3.05) is 0 Å². The lowest BCUT2D eigenvalue weighted by molar-refractivity contribution is -0.136. The Kier molecular flexibility index (Phi) is 3.46. The second-order valence-corrected chi connectivity index (χ2v) is 12.0. The van der Waals surface area contributed by atoms with Crippen LogP contribution in [-0.2, 0) is 4.79 Å². The van der Waals surface area contributed by atoms with E-state index in [0.717, 1.165) is 54.8 Å². The molecule has 1 N–H and O–H groups in total. The van der Waals surface area contributed by atoms with Gasteiger partial charge < -0.3 is 5.41 Å². The van der Waals surface area contributed by atoms with E-state index < -0.39 is 0 Å². The van der Waals surface area contributed by atoms with Gasteiger partial charge in [-0.25, -0.2) is 0 Å². The fraction of sp³-hybridized carbons (Fsp3) is 0.846. The molecule has 0 spiro atoms. The first-order chi connectivity index (χ1) is 13.4. The molecule has 28 heavy (non-hydrogen) atoms. The van der Waals surface area contributed by atoms with Crippen LogP contribution in [0.1, 0.15) is 78.6 Å². The minimum Gasteiger partial charge on any atom is -0.312 e. The van der Waals surface area contributed by atoms with Gasteiger partial charge in [0.2, 0.25) is 0 Å². The molecule has 0 aromatic heterocycles. The Hall–Kier alpha value is -0.920. The molecule has 152 valence electrons. The van der Waals surface area contributed by atoms with Crippen molar-refractivity contribution in [1.29, 1.82) is 5.41 Å². The summed E-state index contributed by atoms with van der Waals surface area (Å²) in [5.74, 6) is 6.09. The predicted molar refractivity (Wildman–Crippen MR) is 112 cm³/mol. The number of ketones is 1. The molecule has 0 radical (unpaired) electrons. The van der Waals surface area contributed by atoms with Crippen LogP contribution >= 0.6 is 0 Å². The van der Waals surface area contributed by atoms with Gasteiger partial charge in [0.05, 0.1) is 0 Å². The highest BCUT2D eigenvalue weighted by molar-refractivity contribution is 5.91. The summed E-state index contributed by atoms with van der Waals surface area (Å²) in [6.45, 7) is 7.58. The Morgan fingerprint density at radius 1 is 1.14 bits per heavy atom. The van der Waals surface area contributed by atoms with Gasteiger partial charge in [-0.1, -0.05) is 26.3 Å². The fourth-order valence-corrected chi connectivity index (χ4v) is 9.97. The second-order valence-electron chi connectivity index (χ2n) is 12.0. The predicted octanol–water partition coefficient (Wildman–Crippen LogP) is 6.06. The van der Waals surface area contributed by atoms with E-state index >= 15 is 0 Å². The molecule has 2 heteroatoms. The van der Waals surface area contributed by atoms with Crippen molar-refractivity contribution in [3.05, 3.63) is 11.6 Å². The molecule has 0 unspecified atom stereocenters. The number of hydrogen-bond donors (Lipinski definition) is 1. The lowest BCUT2D eigenvalue weighted by Gasteiger charge is -2.64. The van der Waals surface area contributed by atoms with Crippen molar-refractivity contribution < 1.29 is 4.79 Å². The second kappa shape index (κ2) is 5.41. The van der Waals surface area contributed by atoms with Crippen LogP contribution in [0.2, 0.25) is 0 Å². The summed E-state index contributed by atoms with van der Waals surface area (Å²) in [6.07, 6.45) is 15.1. The van der Waals surface area contributed by atoms with E-state index in [9.17, 15) is 4.79 Å². The van der Waals surface area contributed by atoms with Crippen LogP contribution in [0.4, 0.5) is 0 Å². The molecule has 0 aromatic rings. The average molecular weight is 380 g/mol. The van der Waals surface area contributed by atoms with Crippen LogP contribution in [0.3, 0.4) is 0 Å². The first-order valence-corrected chi connectivity index (χ1v) is 12.1. The van der Waals surface area contributed by atoms with Gasteiger partial charge in [-0.15, -0.1) is 0 Å². The number of hydrogen-bond acceptors (Lipinski definition) is 2. The summed E-state index contributed by atoms with van der Waals surface area (Å²) in [5, 5.41) is 8.48. The van der Waals surface area contributed by atoms with Crippen LogP contribution in [-0.4, -0.2) is 12.0 Å². The molecule has 0 saturated heterocycles. The Bertz CT molecular complexity index is 779. The minimum absolute atomic E-state index is 0.163. The lowest BCUT2D eigenvalue weighted by Crippen LogP contribution is -2.59. The van der Waals surface area contributed by atoms with Crippen LogP contribution in [0.5, 0.6) is 0 Å². The quantitative estimate of drug-likeness (QED) is 0.595. The largest absolute Gasteiger partial charge is 0.312 e. The highest BCUT2D eigenvalue weighted by Crippen LogP contribution is 2.82. The van der Waals surface area contributed by atoms with Gasteiger partial charge in [0.1, 0.15) is 0 Å². The minimum atomic E-state index is 0.163. The molecular weight excluding hydrogens is 342 g/mol. The lowest BCUT2D eigenvalue weighted by atomic mass is 9.39. The Morgan fingerprint density at radius 3 is 2.61 bits per heavy atom. The standard InChI is InChI=1S/C26H37NO/c1-4-26(14-27)21-13-19(21)23-22-18(15-5-6-15)12-16-11-17(28)7-8-20(16)24(22,2)9-10-25(23,26)3/h11,14-15,18-23,27H,4-10,12-13H2,1-3H3/t18-,19-,20+,21+,22+,23+,24-,25+,26+/m1/s1. The number of rotatable bonds is 3. The molecule has 0 heterocycles. The molecule has 9 atom stereocenters. The highest BCUT2D eigenvalue weighted by atomic mass is 16.1. The van der Waals surface area contributed by atoms with Gasteiger partial charge in [-0.05, 0) is 110 Å². The van der Waals surface area contributed by atoms with Crippen LogP contribution in [0.25, 0.3) is 0 Å². The SMILES string of the molecule is CC[C@]1(C=N)[C@H]2C[C@H]2[C@H]2[C@@H]3[C@@H](C4CC4)CC4=CC(=O)CC[C@@H]4[C@@]3(C)CC[C@@]21C. The molecule has 5 saturated carbocycles. The number of carbonyl (C=O) groups is 1. The number of carbonyl (C=O) groups excluding carboxylic acids is 1. The van der Waals surface area contributed by atoms with Gasteiger partial charge >= 0.3 is 0 Å². The van der Waals surface area contributed by atoms with E-state index in [0.29, 0.717) is 22.5 Å². The smallest absolute Gasteiger partial charge is 0.155 e. The van der Waals surface area contributed by atoms with Gasteiger partial charge in [0.15, 0.2) is 5.78 Å². The van der Waals surface area contributed by atoms with Crippen molar-refractivity contribution in [1.82, 2.24) is 0 Å². The molecule has 0 aliphatic heterocycles. The van der Waals surface area contributed by atoms with Crippen molar-refractivity contribution in [2.45, 2.75) is 78.6 Å². The molecule has 6 aliphatic rings. The van der Waals surface area contributed by atoms with E-state index in [2.05, 4.69) is 26.8 Å². The number of nitrogens with one attached hydrogen (secondary N) is 1. The van der Waals surface area contributed by atoms with E-state index in [-0.39, 0.29) is 5.41 Å². The molecule has 5 fully saturated rings. The normalized spacial score (nSPS) is 56.8. The van der Waals surface area contributed by atoms with Crippen molar-refractivity contribution in [3.63, 3.8) is 0 Å². The first-order valence-electron chi connectivity index (χ1n) is 12.1. The van der Waals surface area contributed by atoms with Crippen LogP contribution in [0.15, 0.2) is 11.6 Å². The van der Waals surface area contributed by atoms with E-state index in [1.54, 1.807) is 0 Å². The van der Waals surface area contributed by atoms with E-state index in [1.807, 2.05) is 6.21 Å². The molecule has 0 amide bonds. The Balaban J connectivity index is 1.48. The van der Waals surface area contributed by atoms with Crippen molar-refractivity contribution in [3.8, 4) is 0 Å². The third kappa shape index (κ3) is 1.92. The average Bonchev–Trinajstić information content (AvgIpc) is 3.58. The molecule has 0 aromatic carbocycles. The molecule has 2 nitrogen and oxygen atoms in total. The third-order valence-corrected chi connectivity index (χ3v) is 11.4. The summed E-state index contributed by atoms with van der Waals surface area (Å²) in [4.78, 5) is 12.2. The number of allylic oxidation sites excluding steroid dienone is 1. The van der Waals surface area contributed by atoms with Crippen LogP contribution < -0.4 is 0 Å². The topological polar surface area (TPSA) is 40.9 Å². The zero-order valence-corrected chi connectivity index (χ0v) is 18.0. The summed E-state index contributed by atoms with van der Waals surface area (Å²) < 4.78 is 0. The third-order valence-electron chi connectivity index (χ3n) is 11.4. The number of fused-ring (bicyclic) bond motifs is 7. The Morgan fingerprint density at radius 2 is 1.93 bits per heavy atom. The zero-order valence-electron chi connectivity index (χ0n) is 18.0. The maximum Gasteiger partial charge on any atom is 0.155 e. The Labute approximate surface area is 170 Å². The van der Waals surface area contributed by atoms with E-state index in [1.165, 1.54) is 44.1 Å². The van der Waals surface area contributed by atoms with Gasteiger partial charge in [0, 0.05) is 18.1 Å². The molecule has 6 aliphatic carbocycles. The van der Waals surface area contributed by atoms with Gasteiger partial charge in [-0.3, -0.25) is 4.79 Å². The highest BCUT2D eigenvalue weighted by Gasteiger charge is 2.77. The van der Waals surface area contributed by atoms with Crippen molar-refractivity contribution in [2.24, 2.45) is 57.7 Å². The molecule has 6 rings (SSSR count). The monoisotopic (exact) mass is 379 g/mol. The maximum absolute atomic E-state index is 12.2. The van der Waals surface area contributed by atoms with Gasteiger partial charge in [0.25, 0.3) is 0 Å². The van der Waals surface area contributed by atoms with Crippen LogP contribution in [0, 0.1) is 63.1 Å². The molecular formula is C26H37NO. The van der Waals surface area contributed by atoms with Gasteiger partial charge in [-0.2, -0.15) is 0 Å². The summed E-state index contributed by atoms with van der Waals surface area (Å²) in [7, 11) is 0. The molecule has 0 bridgehead atoms. The maximum atomic E-state index is 12.2. The summed E-state index contributed by atoms with van der Waals surface area (Å²) in [5.41, 5.74) is 2.42. The van der Waals surface area contributed by atoms with Crippen molar-refractivity contribution >= 4 is 12.0 Å².